The molecule has 0 aromatic carbocycles. The summed E-state index contributed by atoms with van der Waals surface area (Å²) in [4.78, 5) is 10.2. The van der Waals surface area contributed by atoms with Crippen molar-refractivity contribution in [2.75, 3.05) is 11.9 Å². The highest BCUT2D eigenvalue weighted by Crippen LogP contribution is 2.28. The lowest BCUT2D eigenvalue weighted by atomic mass is 10.1. The third kappa shape index (κ3) is 2.64. The quantitative estimate of drug-likeness (QED) is 0.896. The molecule has 2 aromatic rings. The van der Waals surface area contributed by atoms with Crippen molar-refractivity contribution in [3.05, 3.63) is 28.1 Å². The largest absolute Gasteiger partial charge is 0.354 e. The average molecular weight is 247 g/mol. The number of rotatable bonds is 4. The maximum Gasteiger partial charge on any atom is 0.223 e. The number of hydrogen-bond acceptors (Lipinski definition) is 4. The van der Waals surface area contributed by atoms with Crippen LogP contribution in [0.5, 0.6) is 0 Å². The van der Waals surface area contributed by atoms with Crippen molar-refractivity contribution in [2.45, 2.75) is 27.2 Å². The Balaban J connectivity index is 2.36. The molecule has 90 valence electrons. The fourth-order valence-electron chi connectivity index (χ4n) is 1.67. The molecule has 4 heteroatoms. The Morgan fingerprint density at radius 2 is 2.18 bits per heavy atom. The molecule has 0 unspecified atom stereocenters. The van der Waals surface area contributed by atoms with E-state index in [0.717, 1.165) is 30.2 Å². The fourth-order valence-corrected chi connectivity index (χ4v) is 2.37. The van der Waals surface area contributed by atoms with Crippen molar-refractivity contribution < 1.29 is 0 Å². The van der Waals surface area contributed by atoms with Crippen molar-refractivity contribution in [2.24, 2.45) is 0 Å². The first-order valence-corrected chi connectivity index (χ1v) is 6.72. The third-order valence-corrected chi connectivity index (χ3v) is 3.46. The first kappa shape index (κ1) is 12.0. The van der Waals surface area contributed by atoms with Gasteiger partial charge in [0.25, 0.3) is 0 Å². The predicted octanol–water partition coefficient (Wildman–Crippen LogP) is 3.64. The number of thiophene rings is 1. The van der Waals surface area contributed by atoms with Crippen LogP contribution in [0.4, 0.5) is 5.95 Å². The van der Waals surface area contributed by atoms with E-state index >= 15 is 0 Å². The van der Waals surface area contributed by atoms with Crippen molar-refractivity contribution in [3.8, 4) is 11.3 Å². The van der Waals surface area contributed by atoms with Gasteiger partial charge in [0.05, 0.1) is 5.69 Å². The van der Waals surface area contributed by atoms with Crippen LogP contribution in [0.3, 0.4) is 0 Å². The van der Waals surface area contributed by atoms with Gasteiger partial charge in [-0.05, 0) is 37.3 Å². The molecule has 0 aliphatic rings. The van der Waals surface area contributed by atoms with Gasteiger partial charge in [0.1, 0.15) is 0 Å². The normalized spacial score (nSPS) is 10.5. The van der Waals surface area contributed by atoms with Gasteiger partial charge in [-0.15, -0.1) is 11.3 Å². The zero-order valence-electron chi connectivity index (χ0n) is 10.4. The van der Waals surface area contributed by atoms with Gasteiger partial charge in [0, 0.05) is 23.2 Å². The van der Waals surface area contributed by atoms with E-state index in [4.69, 9.17) is 0 Å². The molecule has 0 aliphatic heterocycles. The van der Waals surface area contributed by atoms with Crippen LogP contribution in [-0.4, -0.2) is 16.5 Å². The van der Waals surface area contributed by atoms with Crippen LogP contribution in [0.25, 0.3) is 11.3 Å². The van der Waals surface area contributed by atoms with Gasteiger partial charge in [0.2, 0.25) is 5.95 Å². The first-order valence-electron chi connectivity index (χ1n) is 5.84. The Bertz CT molecular complexity index is 505. The summed E-state index contributed by atoms with van der Waals surface area (Å²) in [5.74, 6) is 0.720. The number of nitrogens with one attached hydrogen (secondary N) is 1. The highest BCUT2D eigenvalue weighted by atomic mass is 32.1. The standard InChI is InChI=1S/C13H17N3S/c1-4-6-14-13-15-8-9(2)12(16-13)11-5-7-17-10(11)3/h5,7-8H,4,6H2,1-3H3,(H,14,15,16). The lowest BCUT2D eigenvalue weighted by molar-refractivity contribution is 0.951. The molecule has 3 nitrogen and oxygen atoms in total. The average Bonchev–Trinajstić information content (AvgIpc) is 2.74. The molecule has 2 aromatic heterocycles. The van der Waals surface area contributed by atoms with Crippen molar-refractivity contribution in [1.29, 1.82) is 0 Å². The molecule has 1 N–H and O–H groups in total. The van der Waals surface area contributed by atoms with Crippen molar-refractivity contribution >= 4 is 17.3 Å². The maximum atomic E-state index is 4.60. The van der Waals surface area contributed by atoms with E-state index in [1.165, 1.54) is 10.4 Å². The van der Waals surface area contributed by atoms with Crippen molar-refractivity contribution in [3.63, 3.8) is 0 Å². The van der Waals surface area contributed by atoms with Crippen LogP contribution in [-0.2, 0) is 0 Å². The minimum Gasteiger partial charge on any atom is -0.354 e. The van der Waals surface area contributed by atoms with Gasteiger partial charge in [-0.3, -0.25) is 0 Å². The Morgan fingerprint density at radius 1 is 1.35 bits per heavy atom. The summed E-state index contributed by atoms with van der Waals surface area (Å²) in [7, 11) is 0. The summed E-state index contributed by atoms with van der Waals surface area (Å²) in [5.41, 5.74) is 3.38. The minimum absolute atomic E-state index is 0.720. The van der Waals surface area contributed by atoms with E-state index < -0.39 is 0 Å². The summed E-state index contributed by atoms with van der Waals surface area (Å²) in [5, 5.41) is 5.33. The van der Waals surface area contributed by atoms with E-state index in [2.05, 4.69) is 47.5 Å². The van der Waals surface area contributed by atoms with Crippen LogP contribution >= 0.6 is 11.3 Å². The summed E-state index contributed by atoms with van der Waals surface area (Å²) < 4.78 is 0. The molecule has 2 heterocycles. The highest BCUT2D eigenvalue weighted by Gasteiger charge is 2.09. The topological polar surface area (TPSA) is 37.8 Å². The van der Waals surface area contributed by atoms with Crippen LogP contribution < -0.4 is 5.32 Å². The van der Waals surface area contributed by atoms with Gasteiger partial charge in [-0.2, -0.15) is 0 Å². The first-order chi connectivity index (χ1) is 8.22. The Labute approximate surface area is 106 Å². The van der Waals surface area contributed by atoms with Gasteiger partial charge in [-0.25, -0.2) is 9.97 Å². The molecule has 17 heavy (non-hydrogen) atoms. The smallest absolute Gasteiger partial charge is 0.223 e. The maximum absolute atomic E-state index is 4.60. The number of hydrogen-bond donors (Lipinski definition) is 1. The highest BCUT2D eigenvalue weighted by molar-refractivity contribution is 7.10. The Hall–Kier alpha value is -1.42. The summed E-state index contributed by atoms with van der Waals surface area (Å²) in [6, 6.07) is 2.12. The van der Waals surface area contributed by atoms with E-state index in [1.54, 1.807) is 11.3 Å². The third-order valence-electron chi connectivity index (χ3n) is 2.62. The van der Waals surface area contributed by atoms with E-state index in [1.807, 2.05) is 6.20 Å². The Morgan fingerprint density at radius 3 is 2.82 bits per heavy atom. The van der Waals surface area contributed by atoms with Crippen LogP contribution in [0.15, 0.2) is 17.6 Å². The van der Waals surface area contributed by atoms with E-state index in [9.17, 15) is 0 Å². The molecule has 0 fully saturated rings. The molecule has 0 amide bonds. The van der Waals surface area contributed by atoms with Gasteiger partial charge in [0.15, 0.2) is 0 Å². The monoisotopic (exact) mass is 247 g/mol. The molecule has 0 aliphatic carbocycles. The van der Waals surface area contributed by atoms with E-state index in [-0.39, 0.29) is 0 Å². The van der Waals surface area contributed by atoms with E-state index in [0.29, 0.717) is 0 Å². The molecule has 0 spiro atoms. The summed E-state index contributed by atoms with van der Waals surface area (Å²) >= 11 is 1.75. The molecule has 0 saturated heterocycles. The van der Waals surface area contributed by atoms with Gasteiger partial charge in [-0.1, -0.05) is 6.92 Å². The summed E-state index contributed by atoms with van der Waals surface area (Å²) in [6.07, 6.45) is 2.96. The van der Waals surface area contributed by atoms with Crippen LogP contribution in [0, 0.1) is 13.8 Å². The lowest BCUT2D eigenvalue weighted by Crippen LogP contribution is -2.05. The zero-order valence-corrected chi connectivity index (χ0v) is 11.3. The molecular formula is C13H17N3S. The molecule has 0 atom stereocenters. The second-order valence-corrected chi connectivity index (χ2v) is 5.16. The van der Waals surface area contributed by atoms with Gasteiger partial charge < -0.3 is 5.32 Å². The second kappa shape index (κ2) is 5.27. The zero-order chi connectivity index (χ0) is 12.3. The molecule has 0 saturated carbocycles. The van der Waals surface area contributed by atoms with Gasteiger partial charge >= 0.3 is 0 Å². The number of anilines is 1. The molecule has 2 rings (SSSR count). The SMILES string of the molecule is CCCNc1ncc(C)c(-c2ccsc2C)n1. The van der Waals surface area contributed by atoms with Crippen LogP contribution in [0.1, 0.15) is 23.8 Å². The minimum atomic E-state index is 0.720. The molecule has 0 bridgehead atoms. The number of aryl methyl sites for hydroxylation is 2. The summed E-state index contributed by atoms with van der Waals surface area (Å²) in [6.45, 7) is 7.22. The number of nitrogens with zero attached hydrogens (tertiary/aromatic N) is 2. The predicted molar refractivity (Wildman–Crippen MR) is 73.6 cm³/mol. The molecule has 0 radical (unpaired) electrons. The fraction of sp³-hybridized carbons (Fsp3) is 0.385. The van der Waals surface area contributed by atoms with Crippen LogP contribution in [0.2, 0.25) is 0 Å². The van der Waals surface area contributed by atoms with Crippen molar-refractivity contribution in [1.82, 2.24) is 9.97 Å². The molecular weight excluding hydrogens is 230 g/mol. The second-order valence-electron chi connectivity index (χ2n) is 4.04. The lowest BCUT2D eigenvalue weighted by Gasteiger charge is -2.08. The number of aromatic nitrogens is 2. The Kier molecular flexibility index (Phi) is 3.74.